The van der Waals surface area contributed by atoms with Gasteiger partial charge in [0.15, 0.2) is 0 Å². The highest BCUT2D eigenvalue weighted by molar-refractivity contribution is 4.88. The second kappa shape index (κ2) is 4.65. The van der Waals surface area contributed by atoms with Crippen molar-refractivity contribution in [1.82, 2.24) is 0 Å². The third-order valence-electron chi connectivity index (χ3n) is 4.65. The Morgan fingerprint density at radius 2 is 1.79 bits per heavy atom. The second-order valence-corrected chi connectivity index (χ2v) is 5.47. The fraction of sp³-hybridized carbons (Fsp3) is 1.00. The maximum atomic E-state index is 6.40. The molecular formula is C13H25N. The maximum absolute atomic E-state index is 6.40. The topological polar surface area (TPSA) is 26.0 Å². The first-order chi connectivity index (χ1) is 6.81. The van der Waals surface area contributed by atoms with Crippen LogP contribution in [0.1, 0.15) is 58.3 Å². The summed E-state index contributed by atoms with van der Waals surface area (Å²) in [6.45, 7) is 2.33. The molecule has 3 unspecified atom stereocenters. The predicted molar refractivity (Wildman–Crippen MR) is 61.1 cm³/mol. The van der Waals surface area contributed by atoms with Gasteiger partial charge < -0.3 is 5.73 Å². The van der Waals surface area contributed by atoms with Crippen molar-refractivity contribution in [2.45, 2.75) is 64.3 Å². The molecule has 0 saturated heterocycles. The molecule has 14 heavy (non-hydrogen) atoms. The van der Waals surface area contributed by atoms with Crippen molar-refractivity contribution in [2.24, 2.45) is 23.5 Å². The molecule has 0 aromatic carbocycles. The molecule has 3 atom stereocenters. The first-order valence-electron chi connectivity index (χ1n) is 6.56. The zero-order valence-corrected chi connectivity index (χ0v) is 9.54. The van der Waals surface area contributed by atoms with E-state index in [1.165, 1.54) is 51.4 Å². The summed E-state index contributed by atoms with van der Waals surface area (Å²) in [6, 6.07) is 0.536. The van der Waals surface area contributed by atoms with E-state index in [4.69, 9.17) is 5.73 Å². The molecule has 1 nitrogen and oxygen atoms in total. The van der Waals surface area contributed by atoms with Crippen molar-refractivity contribution in [1.29, 1.82) is 0 Å². The average molecular weight is 195 g/mol. The standard InChI is InChI=1S/C13H25N/c1-2-10-7-8-12(9-10)13(14)11-5-3-4-6-11/h10-13H,2-9,14H2,1H3. The molecule has 0 bridgehead atoms. The molecule has 0 aromatic heterocycles. The number of rotatable bonds is 3. The Morgan fingerprint density at radius 1 is 1.07 bits per heavy atom. The van der Waals surface area contributed by atoms with Gasteiger partial charge in [0.1, 0.15) is 0 Å². The molecule has 2 rings (SSSR count). The van der Waals surface area contributed by atoms with Crippen LogP contribution in [-0.2, 0) is 0 Å². The van der Waals surface area contributed by atoms with Crippen molar-refractivity contribution in [2.75, 3.05) is 0 Å². The van der Waals surface area contributed by atoms with Crippen LogP contribution in [0.4, 0.5) is 0 Å². The Labute approximate surface area is 88.4 Å². The lowest BCUT2D eigenvalue weighted by molar-refractivity contribution is 0.307. The molecule has 2 saturated carbocycles. The van der Waals surface area contributed by atoms with Gasteiger partial charge in [0.25, 0.3) is 0 Å². The van der Waals surface area contributed by atoms with Crippen molar-refractivity contribution < 1.29 is 0 Å². The quantitative estimate of drug-likeness (QED) is 0.734. The molecule has 2 aliphatic rings. The Balaban J connectivity index is 1.83. The highest BCUT2D eigenvalue weighted by Crippen LogP contribution is 2.39. The third-order valence-corrected chi connectivity index (χ3v) is 4.65. The largest absolute Gasteiger partial charge is 0.327 e. The molecule has 0 heterocycles. The summed E-state index contributed by atoms with van der Waals surface area (Å²) in [5.41, 5.74) is 6.40. The van der Waals surface area contributed by atoms with Gasteiger partial charge in [0, 0.05) is 6.04 Å². The van der Waals surface area contributed by atoms with Gasteiger partial charge in [-0.05, 0) is 43.4 Å². The van der Waals surface area contributed by atoms with E-state index in [2.05, 4.69) is 6.92 Å². The van der Waals surface area contributed by atoms with E-state index in [0.29, 0.717) is 6.04 Å². The van der Waals surface area contributed by atoms with Gasteiger partial charge in [-0.1, -0.05) is 32.6 Å². The molecule has 0 aliphatic heterocycles. The van der Waals surface area contributed by atoms with Crippen molar-refractivity contribution in [3.63, 3.8) is 0 Å². The van der Waals surface area contributed by atoms with Crippen LogP contribution in [0.15, 0.2) is 0 Å². The van der Waals surface area contributed by atoms with Crippen LogP contribution in [-0.4, -0.2) is 6.04 Å². The minimum atomic E-state index is 0.536. The van der Waals surface area contributed by atoms with Gasteiger partial charge in [-0.25, -0.2) is 0 Å². The van der Waals surface area contributed by atoms with Gasteiger partial charge >= 0.3 is 0 Å². The van der Waals surface area contributed by atoms with E-state index in [-0.39, 0.29) is 0 Å². The van der Waals surface area contributed by atoms with Gasteiger partial charge in [0.2, 0.25) is 0 Å². The van der Waals surface area contributed by atoms with E-state index in [9.17, 15) is 0 Å². The first kappa shape index (κ1) is 10.5. The van der Waals surface area contributed by atoms with Crippen LogP contribution in [0.3, 0.4) is 0 Å². The zero-order chi connectivity index (χ0) is 9.97. The molecule has 2 N–H and O–H groups in total. The first-order valence-corrected chi connectivity index (χ1v) is 6.56. The molecule has 1 heteroatoms. The normalized spacial score (nSPS) is 36.4. The van der Waals surface area contributed by atoms with Crippen LogP contribution in [0.2, 0.25) is 0 Å². The van der Waals surface area contributed by atoms with Crippen LogP contribution in [0, 0.1) is 17.8 Å². The van der Waals surface area contributed by atoms with Gasteiger partial charge in [-0.3, -0.25) is 0 Å². The maximum Gasteiger partial charge on any atom is 0.00957 e. The molecule has 0 radical (unpaired) electrons. The van der Waals surface area contributed by atoms with Crippen LogP contribution in [0.25, 0.3) is 0 Å². The lowest BCUT2D eigenvalue weighted by Gasteiger charge is -2.25. The highest BCUT2D eigenvalue weighted by Gasteiger charge is 2.33. The summed E-state index contributed by atoms with van der Waals surface area (Å²) in [7, 11) is 0. The average Bonchev–Trinajstić information content (AvgIpc) is 2.88. The van der Waals surface area contributed by atoms with Gasteiger partial charge in [-0.2, -0.15) is 0 Å². The lowest BCUT2D eigenvalue weighted by atomic mass is 9.86. The number of hydrogen-bond acceptors (Lipinski definition) is 1. The van der Waals surface area contributed by atoms with E-state index < -0.39 is 0 Å². The number of hydrogen-bond donors (Lipinski definition) is 1. The van der Waals surface area contributed by atoms with Crippen molar-refractivity contribution in [3.8, 4) is 0 Å². The third kappa shape index (κ3) is 2.13. The van der Waals surface area contributed by atoms with E-state index in [1.54, 1.807) is 0 Å². The summed E-state index contributed by atoms with van der Waals surface area (Å²) < 4.78 is 0. The molecular weight excluding hydrogens is 170 g/mol. The summed E-state index contributed by atoms with van der Waals surface area (Å²) in [6.07, 6.45) is 11.3. The number of nitrogens with two attached hydrogens (primary N) is 1. The van der Waals surface area contributed by atoms with Gasteiger partial charge in [-0.15, -0.1) is 0 Å². The fourth-order valence-electron chi connectivity index (χ4n) is 3.56. The smallest absolute Gasteiger partial charge is 0.00957 e. The molecule has 0 spiro atoms. The van der Waals surface area contributed by atoms with Crippen molar-refractivity contribution in [3.05, 3.63) is 0 Å². The Bertz CT molecular complexity index is 172. The molecule has 0 aromatic rings. The monoisotopic (exact) mass is 195 g/mol. The zero-order valence-electron chi connectivity index (χ0n) is 9.54. The lowest BCUT2D eigenvalue weighted by Crippen LogP contribution is -2.35. The van der Waals surface area contributed by atoms with Crippen molar-refractivity contribution >= 4 is 0 Å². The molecule has 2 fully saturated rings. The summed E-state index contributed by atoms with van der Waals surface area (Å²) in [5, 5.41) is 0. The predicted octanol–water partition coefficient (Wildman–Crippen LogP) is 3.33. The minimum absolute atomic E-state index is 0.536. The summed E-state index contributed by atoms with van der Waals surface area (Å²) in [5.74, 6) is 2.73. The fourth-order valence-corrected chi connectivity index (χ4v) is 3.56. The minimum Gasteiger partial charge on any atom is -0.327 e. The van der Waals surface area contributed by atoms with Crippen LogP contribution >= 0.6 is 0 Å². The second-order valence-electron chi connectivity index (χ2n) is 5.47. The van der Waals surface area contributed by atoms with Crippen LogP contribution in [0.5, 0.6) is 0 Å². The SMILES string of the molecule is CCC1CCC(C(N)C2CCCC2)C1. The van der Waals surface area contributed by atoms with Gasteiger partial charge in [0.05, 0.1) is 0 Å². The Kier molecular flexibility index (Phi) is 3.48. The van der Waals surface area contributed by atoms with E-state index in [1.807, 2.05) is 0 Å². The Hall–Kier alpha value is -0.0400. The highest BCUT2D eigenvalue weighted by atomic mass is 14.7. The Morgan fingerprint density at radius 3 is 2.36 bits per heavy atom. The molecule has 0 amide bonds. The molecule has 2 aliphatic carbocycles. The summed E-state index contributed by atoms with van der Waals surface area (Å²) in [4.78, 5) is 0. The van der Waals surface area contributed by atoms with Crippen LogP contribution < -0.4 is 5.73 Å². The van der Waals surface area contributed by atoms with E-state index >= 15 is 0 Å². The summed E-state index contributed by atoms with van der Waals surface area (Å²) >= 11 is 0. The molecule has 82 valence electrons. The van der Waals surface area contributed by atoms with E-state index in [0.717, 1.165) is 17.8 Å².